The number of carbonyl (C=O) groups is 3. The van der Waals surface area contributed by atoms with Gasteiger partial charge in [-0.15, -0.1) is 12.3 Å². The SMILES string of the molecule is C#CCC(NC(=O)OCC1c2ccccc2-c2ccccc21)C(=O)NC[C@H]1CCCC[C@H]1C(=O)O. The lowest BCUT2D eigenvalue weighted by atomic mass is 9.79. The molecule has 1 fully saturated rings. The maximum Gasteiger partial charge on any atom is 0.407 e. The molecule has 2 aromatic rings. The van der Waals surface area contributed by atoms with E-state index < -0.39 is 29.9 Å². The second-order valence-corrected chi connectivity index (χ2v) is 9.17. The minimum Gasteiger partial charge on any atom is -0.481 e. The number of fused-ring (bicyclic) bond motifs is 3. The van der Waals surface area contributed by atoms with E-state index in [1.165, 1.54) is 0 Å². The molecule has 3 atom stereocenters. The Balaban J connectivity index is 1.34. The molecule has 2 aromatic carbocycles. The van der Waals surface area contributed by atoms with Crippen LogP contribution in [0.15, 0.2) is 48.5 Å². The van der Waals surface area contributed by atoms with Crippen molar-refractivity contribution >= 4 is 18.0 Å². The Bertz CT molecular complexity index is 1090. The van der Waals surface area contributed by atoms with Crippen LogP contribution >= 0.6 is 0 Å². The zero-order valence-corrected chi connectivity index (χ0v) is 19.5. The van der Waals surface area contributed by atoms with E-state index in [0.717, 1.165) is 41.5 Å². The van der Waals surface area contributed by atoms with Crippen molar-refractivity contribution in [1.29, 1.82) is 0 Å². The third kappa shape index (κ3) is 5.48. The van der Waals surface area contributed by atoms with E-state index in [0.29, 0.717) is 6.42 Å². The summed E-state index contributed by atoms with van der Waals surface area (Å²) in [7, 11) is 0. The van der Waals surface area contributed by atoms with Gasteiger partial charge in [-0.25, -0.2) is 4.79 Å². The topological polar surface area (TPSA) is 105 Å². The number of aliphatic carboxylic acids is 1. The standard InChI is InChI=1S/C28H30N2O5/c1-2-9-25(26(31)29-16-18-10-3-4-11-19(18)27(32)33)30-28(34)35-17-24-22-14-7-5-12-20(22)21-13-6-8-15-23(21)24/h1,5-8,12-15,18-19,24-25H,3-4,9-11,16-17H2,(H,29,31)(H,30,34)(H,32,33)/t18-,19-,25?/m1/s1. The van der Waals surface area contributed by atoms with Crippen molar-refractivity contribution in [2.45, 2.75) is 44.1 Å². The van der Waals surface area contributed by atoms with Gasteiger partial charge in [0.2, 0.25) is 5.91 Å². The summed E-state index contributed by atoms with van der Waals surface area (Å²) in [6, 6.07) is 15.1. The van der Waals surface area contributed by atoms with Crippen LogP contribution in [0.25, 0.3) is 11.1 Å². The van der Waals surface area contributed by atoms with Gasteiger partial charge in [0, 0.05) is 18.9 Å². The van der Waals surface area contributed by atoms with Crippen LogP contribution in [0, 0.1) is 24.2 Å². The maximum atomic E-state index is 12.8. The van der Waals surface area contributed by atoms with Gasteiger partial charge in [0.15, 0.2) is 0 Å². The average molecular weight is 475 g/mol. The van der Waals surface area contributed by atoms with Gasteiger partial charge in [0.05, 0.1) is 5.92 Å². The molecule has 0 radical (unpaired) electrons. The van der Waals surface area contributed by atoms with Gasteiger partial charge in [0.1, 0.15) is 12.6 Å². The van der Waals surface area contributed by atoms with Crippen LogP contribution < -0.4 is 10.6 Å². The zero-order valence-electron chi connectivity index (χ0n) is 19.5. The van der Waals surface area contributed by atoms with E-state index in [-0.39, 0.29) is 31.4 Å². The molecule has 0 saturated heterocycles. The van der Waals surface area contributed by atoms with E-state index in [1.807, 2.05) is 36.4 Å². The lowest BCUT2D eigenvalue weighted by molar-refractivity contribution is -0.145. The Morgan fingerprint density at radius 2 is 1.66 bits per heavy atom. The first-order valence-electron chi connectivity index (χ1n) is 12.0. The predicted molar refractivity (Wildman–Crippen MR) is 132 cm³/mol. The molecule has 35 heavy (non-hydrogen) atoms. The van der Waals surface area contributed by atoms with E-state index in [9.17, 15) is 19.5 Å². The van der Waals surface area contributed by atoms with Gasteiger partial charge >= 0.3 is 12.1 Å². The highest BCUT2D eigenvalue weighted by Gasteiger charge is 2.32. The Hall–Kier alpha value is -3.79. The third-order valence-corrected chi connectivity index (χ3v) is 7.04. The number of benzene rings is 2. The van der Waals surface area contributed by atoms with Crippen LogP contribution in [0.5, 0.6) is 0 Å². The fourth-order valence-electron chi connectivity index (χ4n) is 5.24. The second kappa shape index (κ2) is 11.1. The number of terminal acetylenes is 1. The van der Waals surface area contributed by atoms with Gasteiger partial charge in [-0.05, 0) is 41.0 Å². The highest BCUT2D eigenvalue weighted by molar-refractivity contribution is 5.86. The first-order valence-corrected chi connectivity index (χ1v) is 12.0. The Kier molecular flexibility index (Phi) is 7.71. The van der Waals surface area contributed by atoms with Crippen molar-refractivity contribution < 1.29 is 24.2 Å². The lowest BCUT2D eigenvalue weighted by Gasteiger charge is -2.29. The maximum absolute atomic E-state index is 12.8. The smallest absolute Gasteiger partial charge is 0.407 e. The van der Waals surface area contributed by atoms with Crippen LogP contribution in [-0.4, -0.2) is 42.3 Å². The van der Waals surface area contributed by atoms with Crippen molar-refractivity contribution in [2.24, 2.45) is 11.8 Å². The summed E-state index contributed by atoms with van der Waals surface area (Å²) in [6.07, 6.45) is 7.89. The quantitative estimate of drug-likeness (QED) is 0.503. The Morgan fingerprint density at radius 3 is 2.29 bits per heavy atom. The van der Waals surface area contributed by atoms with Crippen molar-refractivity contribution in [1.82, 2.24) is 10.6 Å². The number of alkyl carbamates (subject to hydrolysis) is 1. The Labute approximate surface area is 205 Å². The van der Waals surface area contributed by atoms with Crippen LogP contribution in [0.3, 0.4) is 0 Å². The molecule has 1 saturated carbocycles. The van der Waals surface area contributed by atoms with Crippen LogP contribution in [0.1, 0.15) is 49.1 Å². The molecule has 2 aliphatic carbocycles. The monoisotopic (exact) mass is 474 g/mol. The molecule has 2 aliphatic rings. The molecular weight excluding hydrogens is 444 g/mol. The third-order valence-electron chi connectivity index (χ3n) is 7.04. The van der Waals surface area contributed by atoms with Crippen molar-refractivity contribution in [3.8, 4) is 23.5 Å². The lowest BCUT2D eigenvalue weighted by Crippen LogP contribution is -2.48. The first kappa shape index (κ1) is 24.3. The summed E-state index contributed by atoms with van der Waals surface area (Å²) in [5.74, 6) is 0.455. The van der Waals surface area contributed by atoms with E-state index >= 15 is 0 Å². The fourth-order valence-corrected chi connectivity index (χ4v) is 5.24. The molecular formula is C28H30N2O5. The molecule has 0 bridgehead atoms. The first-order chi connectivity index (χ1) is 17.0. The number of hydrogen-bond acceptors (Lipinski definition) is 4. The highest BCUT2D eigenvalue weighted by Crippen LogP contribution is 2.44. The van der Waals surface area contributed by atoms with Gasteiger partial charge in [-0.2, -0.15) is 0 Å². The molecule has 0 aromatic heterocycles. The predicted octanol–water partition coefficient (Wildman–Crippen LogP) is 3.92. The minimum atomic E-state index is -0.956. The number of carboxylic acids is 1. The molecule has 3 N–H and O–H groups in total. The van der Waals surface area contributed by atoms with E-state index in [2.05, 4.69) is 28.7 Å². The fraction of sp³-hybridized carbons (Fsp3) is 0.393. The van der Waals surface area contributed by atoms with E-state index in [4.69, 9.17) is 11.2 Å². The minimum absolute atomic E-state index is 0.00303. The molecule has 0 aliphatic heterocycles. The summed E-state index contributed by atoms with van der Waals surface area (Å²) in [4.78, 5) is 36.9. The van der Waals surface area contributed by atoms with Gasteiger partial charge in [-0.3, -0.25) is 9.59 Å². The van der Waals surface area contributed by atoms with Gasteiger partial charge < -0.3 is 20.5 Å². The molecule has 1 unspecified atom stereocenters. The van der Waals surface area contributed by atoms with Crippen molar-refractivity contribution in [3.63, 3.8) is 0 Å². The number of amides is 2. The number of carboxylic acid groups (broad SMARTS) is 1. The Morgan fingerprint density at radius 1 is 1.03 bits per heavy atom. The number of rotatable bonds is 8. The summed E-state index contributed by atoms with van der Waals surface area (Å²) >= 11 is 0. The summed E-state index contributed by atoms with van der Waals surface area (Å²) in [5, 5.41) is 14.8. The van der Waals surface area contributed by atoms with Crippen LogP contribution in [0.4, 0.5) is 4.79 Å². The highest BCUT2D eigenvalue weighted by atomic mass is 16.5. The number of ether oxygens (including phenoxy) is 1. The van der Waals surface area contributed by atoms with Crippen molar-refractivity contribution in [2.75, 3.05) is 13.2 Å². The molecule has 2 amide bonds. The molecule has 0 heterocycles. The van der Waals surface area contributed by atoms with Gasteiger partial charge in [0.25, 0.3) is 0 Å². The molecule has 182 valence electrons. The summed E-state index contributed by atoms with van der Waals surface area (Å²) in [5.41, 5.74) is 4.45. The second-order valence-electron chi connectivity index (χ2n) is 9.17. The van der Waals surface area contributed by atoms with Crippen LogP contribution in [-0.2, 0) is 14.3 Å². The molecule has 7 heteroatoms. The summed E-state index contributed by atoms with van der Waals surface area (Å²) in [6.45, 7) is 0.371. The molecule has 4 rings (SSSR count). The number of hydrogen-bond donors (Lipinski definition) is 3. The number of nitrogens with one attached hydrogen (secondary N) is 2. The van der Waals surface area contributed by atoms with Crippen LogP contribution in [0.2, 0.25) is 0 Å². The molecule has 0 spiro atoms. The largest absolute Gasteiger partial charge is 0.481 e. The normalized spacial score (nSPS) is 19.5. The van der Waals surface area contributed by atoms with E-state index in [1.54, 1.807) is 0 Å². The number of carbonyl (C=O) groups excluding carboxylic acids is 2. The zero-order chi connectivity index (χ0) is 24.8. The molecule has 7 nitrogen and oxygen atoms in total. The summed E-state index contributed by atoms with van der Waals surface area (Å²) < 4.78 is 5.53. The van der Waals surface area contributed by atoms with Gasteiger partial charge in [-0.1, -0.05) is 61.4 Å². The average Bonchev–Trinajstić information content (AvgIpc) is 3.19. The van der Waals surface area contributed by atoms with Crippen molar-refractivity contribution in [3.05, 3.63) is 59.7 Å².